The predicted molar refractivity (Wildman–Crippen MR) is 123 cm³/mol. The van der Waals surface area contributed by atoms with E-state index in [0.717, 1.165) is 49.6 Å². The molecule has 0 saturated carbocycles. The van der Waals surface area contributed by atoms with Gasteiger partial charge in [0.1, 0.15) is 6.54 Å². The lowest BCUT2D eigenvalue weighted by Crippen LogP contribution is -2.41. The molecular weight excluding hydrogens is 477 g/mol. The van der Waals surface area contributed by atoms with Crippen molar-refractivity contribution in [2.45, 2.75) is 51.2 Å². The second kappa shape index (κ2) is 9.93. The highest BCUT2D eigenvalue weighted by Gasteiger charge is 2.34. The van der Waals surface area contributed by atoms with Crippen molar-refractivity contribution in [1.29, 1.82) is 0 Å². The van der Waals surface area contributed by atoms with Gasteiger partial charge in [-0.3, -0.25) is 9.10 Å². The Morgan fingerprint density at radius 1 is 1.12 bits per heavy atom. The first-order chi connectivity index (χ1) is 15.4. The van der Waals surface area contributed by atoms with Gasteiger partial charge in [-0.05, 0) is 67.0 Å². The zero-order valence-electron chi connectivity index (χ0n) is 18.4. The van der Waals surface area contributed by atoms with Crippen LogP contribution in [0.5, 0.6) is 0 Å². The minimum absolute atomic E-state index is 0.286. The van der Waals surface area contributed by atoms with Gasteiger partial charge in [-0.15, -0.1) is 0 Å². The minimum Gasteiger partial charge on any atom is -0.348 e. The molecule has 0 heterocycles. The standard InChI is InChI=1S/C23H26ClF3N2O3S/c1-3-21(17-9-8-15-6-4-5-7-16(15)12-17)28-22(30)14-29(33(2,31)32)18-10-11-20(24)19(13-18)23(25,26)27/h8-13,21H,3-7,14H2,1-2H3,(H,28,30)/t21-/m0/s1. The number of nitrogens with one attached hydrogen (secondary N) is 1. The first-order valence-electron chi connectivity index (χ1n) is 10.7. The zero-order valence-corrected chi connectivity index (χ0v) is 19.9. The lowest BCUT2D eigenvalue weighted by Gasteiger charge is -2.25. The quantitative estimate of drug-likeness (QED) is 0.561. The van der Waals surface area contributed by atoms with Crippen LogP contribution >= 0.6 is 11.6 Å². The third-order valence-electron chi connectivity index (χ3n) is 5.75. The number of nitrogens with zero attached hydrogens (tertiary/aromatic N) is 1. The van der Waals surface area contributed by atoms with Crippen LogP contribution in [-0.2, 0) is 33.8 Å². The molecule has 0 aliphatic heterocycles. The Morgan fingerprint density at radius 3 is 2.39 bits per heavy atom. The molecule has 1 aliphatic carbocycles. The SMILES string of the molecule is CC[C@H](NC(=O)CN(c1ccc(Cl)c(C(F)(F)F)c1)S(C)(=O)=O)c1ccc2c(c1)CCCC2. The zero-order chi connectivity index (χ0) is 24.4. The summed E-state index contributed by atoms with van der Waals surface area (Å²) in [6.45, 7) is 1.24. The molecule has 0 radical (unpaired) electrons. The lowest BCUT2D eigenvalue weighted by atomic mass is 9.89. The summed E-state index contributed by atoms with van der Waals surface area (Å²) < 4.78 is 65.0. The van der Waals surface area contributed by atoms with E-state index in [1.165, 1.54) is 11.1 Å². The third kappa shape index (κ3) is 6.20. The van der Waals surface area contributed by atoms with Crippen molar-refractivity contribution < 1.29 is 26.4 Å². The number of benzene rings is 2. The smallest absolute Gasteiger partial charge is 0.348 e. The van der Waals surface area contributed by atoms with Crippen LogP contribution < -0.4 is 9.62 Å². The van der Waals surface area contributed by atoms with Gasteiger partial charge in [0, 0.05) is 0 Å². The highest BCUT2D eigenvalue weighted by molar-refractivity contribution is 7.92. The molecule has 5 nitrogen and oxygen atoms in total. The summed E-state index contributed by atoms with van der Waals surface area (Å²) in [5.74, 6) is -0.617. The molecule has 0 fully saturated rings. The minimum atomic E-state index is -4.77. The Bertz CT molecular complexity index is 1140. The van der Waals surface area contributed by atoms with Crippen molar-refractivity contribution in [3.8, 4) is 0 Å². The van der Waals surface area contributed by atoms with E-state index >= 15 is 0 Å². The topological polar surface area (TPSA) is 66.5 Å². The molecule has 2 aromatic carbocycles. The van der Waals surface area contributed by atoms with Crippen LogP contribution in [0.2, 0.25) is 5.02 Å². The second-order valence-corrected chi connectivity index (χ2v) is 10.5. The number of rotatable bonds is 7. The van der Waals surface area contributed by atoms with Crippen LogP contribution in [0.1, 0.15) is 54.5 Å². The number of carbonyl (C=O) groups is 1. The average Bonchev–Trinajstić information content (AvgIpc) is 2.74. The Balaban J connectivity index is 1.82. The highest BCUT2D eigenvalue weighted by Crippen LogP contribution is 2.37. The molecular formula is C23H26ClF3N2O3S. The fourth-order valence-electron chi connectivity index (χ4n) is 4.05. The van der Waals surface area contributed by atoms with Crippen LogP contribution in [0, 0.1) is 0 Å². The number of carbonyl (C=O) groups excluding carboxylic acids is 1. The molecule has 0 spiro atoms. The molecule has 1 atom stereocenters. The highest BCUT2D eigenvalue weighted by atomic mass is 35.5. The van der Waals surface area contributed by atoms with Gasteiger partial charge in [0.25, 0.3) is 0 Å². The van der Waals surface area contributed by atoms with Gasteiger partial charge >= 0.3 is 6.18 Å². The summed E-state index contributed by atoms with van der Waals surface area (Å²) >= 11 is 5.64. The number of hydrogen-bond acceptors (Lipinski definition) is 3. The molecule has 1 aliphatic rings. The van der Waals surface area contributed by atoms with E-state index in [1.54, 1.807) is 0 Å². The number of halogens is 4. The maximum absolute atomic E-state index is 13.2. The van der Waals surface area contributed by atoms with E-state index in [0.29, 0.717) is 16.8 Å². The molecule has 10 heteroatoms. The van der Waals surface area contributed by atoms with Gasteiger partial charge in [0.15, 0.2) is 0 Å². The predicted octanol–water partition coefficient (Wildman–Crippen LogP) is 5.27. The number of aryl methyl sites for hydroxylation is 2. The fourth-order valence-corrected chi connectivity index (χ4v) is 5.12. The summed E-state index contributed by atoms with van der Waals surface area (Å²) in [5.41, 5.74) is 2.02. The van der Waals surface area contributed by atoms with Gasteiger partial charge in [-0.1, -0.05) is 36.7 Å². The van der Waals surface area contributed by atoms with Gasteiger partial charge in [0.05, 0.1) is 28.6 Å². The Kier molecular flexibility index (Phi) is 7.63. The van der Waals surface area contributed by atoms with Crippen molar-refractivity contribution in [1.82, 2.24) is 5.32 Å². The molecule has 33 heavy (non-hydrogen) atoms. The monoisotopic (exact) mass is 502 g/mol. The summed E-state index contributed by atoms with van der Waals surface area (Å²) in [6, 6.07) is 8.51. The summed E-state index contributed by atoms with van der Waals surface area (Å²) in [7, 11) is -4.05. The summed E-state index contributed by atoms with van der Waals surface area (Å²) in [6.07, 6.45) is 0.923. The van der Waals surface area contributed by atoms with E-state index in [2.05, 4.69) is 17.4 Å². The molecule has 0 saturated heterocycles. The molecule has 2 aromatic rings. The average molecular weight is 503 g/mol. The van der Waals surface area contributed by atoms with E-state index in [9.17, 15) is 26.4 Å². The number of anilines is 1. The van der Waals surface area contributed by atoms with Crippen molar-refractivity contribution in [3.63, 3.8) is 0 Å². The molecule has 0 bridgehead atoms. The van der Waals surface area contributed by atoms with E-state index in [-0.39, 0.29) is 11.7 Å². The summed E-state index contributed by atoms with van der Waals surface area (Å²) in [5, 5.41) is 2.27. The molecule has 0 aromatic heterocycles. The van der Waals surface area contributed by atoms with Crippen molar-refractivity contribution >= 4 is 33.2 Å². The first kappa shape index (κ1) is 25.4. The molecule has 1 N–H and O–H groups in total. The van der Waals surface area contributed by atoms with E-state index in [4.69, 9.17) is 11.6 Å². The maximum atomic E-state index is 13.2. The Labute approximate surface area is 197 Å². The lowest BCUT2D eigenvalue weighted by molar-refractivity contribution is -0.137. The first-order valence-corrected chi connectivity index (χ1v) is 12.9. The van der Waals surface area contributed by atoms with Gasteiger partial charge < -0.3 is 5.32 Å². The van der Waals surface area contributed by atoms with Crippen LogP contribution in [0.15, 0.2) is 36.4 Å². The number of fused-ring (bicyclic) bond motifs is 1. The van der Waals surface area contributed by atoms with E-state index in [1.807, 2.05) is 13.0 Å². The van der Waals surface area contributed by atoms with Gasteiger partial charge in [0.2, 0.25) is 15.9 Å². The van der Waals surface area contributed by atoms with Crippen molar-refractivity contribution in [2.24, 2.45) is 0 Å². The van der Waals surface area contributed by atoms with E-state index < -0.39 is 39.2 Å². The number of hydrogen-bond donors (Lipinski definition) is 1. The Morgan fingerprint density at radius 2 is 1.79 bits per heavy atom. The van der Waals surface area contributed by atoms with Gasteiger partial charge in [-0.25, -0.2) is 8.42 Å². The van der Waals surface area contributed by atoms with Crippen LogP contribution in [0.4, 0.5) is 18.9 Å². The van der Waals surface area contributed by atoms with Crippen molar-refractivity contribution in [3.05, 3.63) is 63.7 Å². The van der Waals surface area contributed by atoms with Crippen molar-refractivity contribution in [2.75, 3.05) is 17.1 Å². The molecule has 1 amide bonds. The van der Waals surface area contributed by atoms with Gasteiger partial charge in [-0.2, -0.15) is 13.2 Å². The molecule has 180 valence electrons. The maximum Gasteiger partial charge on any atom is 0.417 e. The molecule has 3 rings (SSSR count). The number of sulfonamides is 1. The summed E-state index contributed by atoms with van der Waals surface area (Å²) in [4.78, 5) is 12.8. The largest absolute Gasteiger partial charge is 0.417 e. The normalized spacial score (nSPS) is 15.0. The number of alkyl halides is 3. The third-order valence-corrected chi connectivity index (χ3v) is 7.22. The fraction of sp³-hybridized carbons (Fsp3) is 0.435. The van der Waals surface area contributed by atoms with Crippen LogP contribution in [0.25, 0.3) is 0 Å². The molecule has 0 unspecified atom stereocenters. The second-order valence-electron chi connectivity index (χ2n) is 8.20. The number of amides is 1. The van der Waals surface area contributed by atoms with Crippen LogP contribution in [0.3, 0.4) is 0 Å². The Hall–Kier alpha value is -2.26. The van der Waals surface area contributed by atoms with Crippen LogP contribution in [-0.4, -0.2) is 27.1 Å².